The van der Waals surface area contributed by atoms with Gasteiger partial charge in [0.1, 0.15) is 0 Å². The molecule has 0 saturated heterocycles. The van der Waals surface area contributed by atoms with Crippen molar-refractivity contribution < 1.29 is 13.2 Å². The highest BCUT2D eigenvalue weighted by atomic mass is 32.2. The predicted octanol–water partition coefficient (Wildman–Crippen LogP) is 3.75. The van der Waals surface area contributed by atoms with Gasteiger partial charge in [0.05, 0.1) is 5.75 Å². The predicted molar refractivity (Wildman–Crippen MR) is 97.7 cm³/mol. The lowest BCUT2D eigenvalue weighted by Crippen LogP contribution is -2.15. The molecule has 0 aromatic heterocycles. The summed E-state index contributed by atoms with van der Waals surface area (Å²) < 4.78 is 22.8. The summed E-state index contributed by atoms with van der Waals surface area (Å²) in [6.45, 7) is 2.07. The molecular weight excluding hydrogens is 322 g/mol. The van der Waals surface area contributed by atoms with Crippen LogP contribution in [0.5, 0.6) is 0 Å². The van der Waals surface area contributed by atoms with E-state index in [4.69, 9.17) is 0 Å². The SMILES string of the molecule is CC[C@H](CC(=O)Nc1cccc(CS(C)(=O)=O)c1)c1ccccc1. The fraction of sp³-hybridized carbons (Fsp3) is 0.316. The maximum Gasteiger partial charge on any atom is 0.224 e. The van der Waals surface area contributed by atoms with Crippen molar-refractivity contribution in [2.24, 2.45) is 0 Å². The van der Waals surface area contributed by atoms with Gasteiger partial charge in [-0.25, -0.2) is 8.42 Å². The maximum absolute atomic E-state index is 12.3. The quantitative estimate of drug-likeness (QED) is 0.831. The molecule has 0 unspecified atom stereocenters. The molecule has 0 spiro atoms. The molecule has 1 amide bonds. The Balaban J connectivity index is 2.03. The molecule has 0 aliphatic heterocycles. The lowest BCUT2D eigenvalue weighted by Gasteiger charge is -2.15. The Morgan fingerprint density at radius 3 is 2.42 bits per heavy atom. The van der Waals surface area contributed by atoms with Crippen LogP contribution in [-0.2, 0) is 20.4 Å². The van der Waals surface area contributed by atoms with E-state index in [2.05, 4.69) is 12.2 Å². The van der Waals surface area contributed by atoms with Gasteiger partial charge in [-0.15, -0.1) is 0 Å². The maximum atomic E-state index is 12.3. The molecule has 1 N–H and O–H groups in total. The summed E-state index contributed by atoms with van der Waals surface area (Å²) in [4.78, 5) is 12.3. The van der Waals surface area contributed by atoms with E-state index in [9.17, 15) is 13.2 Å². The van der Waals surface area contributed by atoms with Crippen LogP contribution in [0.15, 0.2) is 54.6 Å². The van der Waals surface area contributed by atoms with Gasteiger partial charge in [0.2, 0.25) is 5.91 Å². The second-order valence-electron chi connectivity index (χ2n) is 6.04. The van der Waals surface area contributed by atoms with Crippen LogP contribution in [0, 0.1) is 0 Å². The molecule has 0 aliphatic rings. The molecule has 5 heteroatoms. The van der Waals surface area contributed by atoms with Crippen LogP contribution in [-0.4, -0.2) is 20.6 Å². The standard InChI is InChI=1S/C19H23NO3S/c1-3-16(17-9-5-4-6-10-17)13-19(21)20-18-11-7-8-15(12-18)14-24(2,22)23/h4-12,16H,3,13-14H2,1-2H3,(H,20,21)/t16-/m1/s1. The van der Waals surface area contributed by atoms with Crippen LogP contribution < -0.4 is 5.32 Å². The van der Waals surface area contributed by atoms with Crippen molar-refractivity contribution in [2.45, 2.75) is 31.4 Å². The van der Waals surface area contributed by atoms with Gasteiger partial charge in [-0.05, 0) is 35.6 Å². The fourth-order valence-corrected chi connectivity index (χ4v) is 3.49. The van der Waals surface area contributed by atoms with Crippen molar-refractivity contribution in [3.05, 3.63) is 65.7 Å². The molecule has 2 aromatic carbocycles. The zero-order valence-electron chi connectivity index (χ0n) is 14.0. The van der Waals surface area contributed by atoms with E-state index < -0.39 is 9.84 Å². The molecule has 0 saturated carbocycles. The third-order valence-electron chi connectivity index (χ3n) is 3.84. The first-order valence-electron chi connectivity index (χ1n) is 7.99. The highest BCUT2D eigenvalue weighted by Gasteiger charge is 2.14. The molecule has 0 aliphatic carbocycles. The van der Waals surface area contributed by atoms with E-state index in [1.165, 1.54) is 6.26 Å². The Kier molecular flexibility index (Phi) is 6.15. The molecule has 128 valence electrons. The molecule has 0 fully saturated rings. The number of nitrogens with one attached hydrogen (secondary N) is 1. The first-order chi connectivity index (χ1) is 11.4. The zero-order chi connectivity index (χ0) is 17.6. The Labute approximate surface area is 143 Å². The molecule has 2 aromatic rings. The van der Waals surface area contributed by atoms with Gasteiger partial charge in [-0.2, -0.15) is 0 Å². The topological polar surface area (TPSA) is 63.2 Å². The fourth-order valence-electron chi connectivity index (χ4n) is 2.70. The minimum Gasteiger partial charge on any atom is -0.326 e. The van der Waals surface area contributed by atoms with E-state index in [1.807, 2.05) is 30.3 Å². The number of sulfone groups is 1. The summed E-state index contributed by atoms with van der Waals surface area (Å²) in [5.74, 6) is 0.0748. The molecule has 0 heterocycles. The summed E-state index contributed by atoms with van der Waals surface area (Å²) in [5.41, 5.74) is 2.45. The monoisotopic (exact) mass is 345 g/mol. The van der Waals surface area contributed by atoms with Crippen LogP contribution in [0.25, 0.3) is 0 Å². The second-order valence-corrected chi connectivity index (χ2v) is 8.18. The summed E-state index contributed by atoms with van der Waals surface area (Å²) in [5, 5.41) is 2.87. The number of benzene rings is 2. The molecule has 1 atom stereocenters. The van der Waals surface area contributed by atoms with E-state index in [1.54, 1.807) is 24.3 Å². The van der Waals surface area contributed by atoms with Gasteiger partial charge in [0.15, 0.2) is 9.84 Å². The number of carbonyl (C=O) groups excluding carboxylic acids is 1. The number of hydrogen-bond donors (Lipinski definition) is 1. The van der Waals surface area contributed by atoms with Crippen molar-refractivity contribution in [3.63, 3.8) is 0 Å². The summed E-state index contributed by atoms with van der Waals surface area (Å²) in [6, 6.07) is 17.0. The summed E-state index contributed by atoms with van der Waals surface area (Å²) in [6.07, 6.45) is 2.48. The van der Waals surface area contributed by atoms with Gasteiger partial charge < -0.3 is 5.32 Å². The summed E-state index contributed by atoms with van der Waals surface area (Å²) in [7, 11) is -3.09. The van der Waals surface area contributed by atoms with Crippen molar-refractivity contribution in [1.82, 2.24) is 0 Å². The summed E-state index contributed by atoms with van der Waals surface area (Å²) >= 11 is 0. The smallest absolute Gasteiger partial charge is 0.224 e. The molecular formula is C19H23NO3S. The minimum absolute atomic E-state index is 0.0295. The Hall–Kier alpha value is -2.14. The second kappa shape index (κ2) is 8.11. The number of amides is 1. The van der Waals surface area contributed by atoms with Crippen LogP contribution in [0.2, 0.25) is 0 Å². The number of rotatable bonds is 7. The number of carbonyl (C=O) groups is 1. The third kappa shape index (κ3) is 5.81. The largest absolute Gasteiger partial charge is 0.326 e. The Morgan fingerprint density at radius 2 is 1.79 bits per heavy atom. The van der Waals surface area contributed by atoms with Crippen LogP contribution in [0.1, 0.15) is 36.8 Å². The molecule has 24 heavy (non-hydrogen) atoms. The van der Waals surface area contributed by atoms with E-state index >= 15 is 0 Å². The van der Waals surface area contributed by atoms with Gasteiger partial charge in [0, 0.05) is 18.4 Å². The average Bonchev–Trinajstić information content (AvgIpc) is 2.52. The van der Waals surface area contributed by atoms with Crippen molar-refractivity contribution >= 4 is 21.4 Å². The normalized spacial score (nSPS) is 12.6. The van der Waals surface area contributed by atoms with E-state index in [0.717, 1.165) is 12.0 Å². The van der Waals surface area contributed by atoms with Crippen LogP contribution in [0.4, 0.5) is 5.69 Å². The first-order valence-corrected chi connectivity index (χ1v) is 10.0. The lowest BCUT2D eigenvalue weighted by atomic mass is 9.93. The molecule has 4 nitrogen and oxygen atoms in total. The van der Waals surface area contributed by atoms with Crippen molar-refractivity contribution in [1.29, 1.82) is 0 Å². The van der Waals surface area contributed by atoms with Gasteiger partial charge in [-0.3, -0.25) is 4.79 Å². The van der Waals surface area contributed by atoms with Crippen LogP contribution >= 0.6 is 0 Å². The number of anilines is 1. The third-order valence-corrected chi connectivity index (χ3v) is 4.69. The van der Waals surface area contributed by atoms with Crippen molar-refractivity contribution in [2.75, 3.05) is 11.6 Å². The van der Waals surface area contributed by atoms with Crippen molar-refractivity contribution in [3.8, 4) is 0 Å². The Morgan fingerprint density at radius 1 is 1.08 bits per heavy atom. The average molecular weight is 345 g/mol. The van der Waals surface area contributed by atoms with E-state index in [-0.39, 0.29) is 17.6 Å². The number of hydrogen-bond acceptors (Lipinski definition) is 3. The molecule has 2 rings (SSSR count). The first kappa shape index (κ1) is 18.2. The van der Waals surface area contributed by atoms with E-state index in [0.29, 0.717) is 17.7 Å². The molecule has 0 radical (unpaired) electrons. The molecule has 0 bridgehead atoms. The highest BCUT2D eigenvalue weighted by Crippen LogP contribution is 2.23. The van der Waals surface area contributed by atoms with Gasteiger partial charge in [-0.1, -0.05) is 49.4 Å². The minimum atomic E-state index is -3.09. The lowest BCUT2D eigenvalue weighted by molar-refractivity contribution is -0.116. The Bertz CT molecular complexity index is 785. The van der Waals surface area contributed by atoms with Gasteiger partial charge in [0.25, 0.3) is 0 Å². The zero-order valence-corrected chi connectivity index (χ0v) is 14.8. The van der Waals surface area contributed by atoms with Gasteiger partial charge >= 0.3 is 0 Å². The highest BCUT2D eigenvalue weighted by molar-refractivity contribution is 7.89. The van der Waals surface area contributed by atoms with Crippen LogP contribution in [0.3, 0.4) is 0 Å².